The van der Waals surface area contributed by atoms with Crippen LogP contribution in [-0.4, -0.2) is 64.2 Å². The molecule has 0 radical (unpaired) electrons. The smallest absolute Gasteiger partial charge is 0.254 e. The number of amides is 1. The van der Waals surface area contributed by atoms with Crippen LogP contribution in [0, 0.1) is 0 Å². The lowest BCUT2D eigenvalue weighted by Gasteiger charge is -2.17. The minimum Gasteiger partial charge on any atom is -0.389 e. The predicted octanol–water partition coefficient (Wildman–Crippen LogP) is 0.979. The number of carbonyl (C=O) groups excluding carboxylic acids is 1. The standard InChI is InChI=1S/C20H23N9O2/c1-10(2)28-8-23-12-5-11(3-4-13(12)28)19(31)27-6-14(15(30)7-27)29-9-24-16-17(21)25-20(22)26-18(16)29/h3-5,8-10,14-15,30H,6-7H2,1-2H3,(H4,21,22,25,26)/t14-,15-/m0/s1. The van der Waals surface area contributed by atoms with Crippen LogP contribution in [0.15, 0.2) is 30.9 Å². The molecule has 11 heteroatoms. The van der Waals surface area contributed by atoms with Crippen molar-refractivity contribution in [2.45, 2.75) is 32.0 Å². The SMILES string of the molecule is CC(C)n1cnc2cc(C(=O)N3C[C@H](O)[C@@H](n4cnc5c(N)nc(N)nc54)C3)ccc21. The molecule has 0 saturated carbocycles. The molecule has 31 heavy (non-hydrogen) atoms. The second-order valence-electron chi connectivity index (χ2n) is 8.09. The fraction of sp³-hybridized carbons (Fsp3) is 0.350. The molecule has 1 fully saturated rings. The van der Waals surface area contributed by atoms with E-state index < -0.39 is 12.1 Å². The summed E-state index contributed by atoms with van der Waals surface area (Å²) < 4.78 is 3.76. The Morgan fingerprint density at radius 1 is 1.16 bits per heavy atom. The number of nitrogens with zero attached hydrogens (tertiary/aromatic N) is 7. The van der Waals surface area contributed by atoms with Gasteiger partial charge in [0.05, 0.1) is 35.8 Å². The first-order valence-electron chi connectivity index (χ1n) is 10.0. The third-order valence-corrected chi connectivity index (χ3v) is 5.75. The fourth-order valence-electron chi connectivity index (χ4n) is 4.17. The van der Waals surface area contributed by atoms with Crippen LogP contribution in [-0.2, 0) is 0 Å². The van der Waals surface area contributed by atoms with Crippen molar-refractivity contribution in [1.82, 2.24) is 34.0 Å². The number of carbonyl (C=O) groups is 1. The minimum absolute atomic E-state index is 0.0290. The van der Waals surface area contributed by atoms with Gasteiger partial charge >= 0.3 is 0 Å². The number of aliphatic hydroxyl groups is 1. The van der Waals surface area contributed by atoms with Crippen LogP contribution in [0.25, 0.3) is 22.2 Å². The molecule has 11 nitrogen and oxygen atoms in total. The lowest BCUT2D eigenvalue weighted by molar-refractivity contribution is 0.0765. The van der Waals surface area contributed by atoms with Gasteiger partial charge in [0.2, 0.25) is 5.95 Å². The van der Waals surface area contributed by atoms with Crippen molar-refractivity contribution in [2.24, 2.45) is 0 Å². The average Bonchev–Trinajstić information content (AvgIpc) is 3.43. The molecule has 1 aromatic carbocycles. The Kier molecular flexibility index (Phi) is 4.29. The molecule has 3 aromatic heterocycles. The zero-order valence-corrected chi connectivity index (χ0v) is 17.2. The van der Waals surface area contributed by atoms with Crippen LogP contribution in [0.1, 0.15) is 36.3 Å². The topological polar surface area (TPSA) is 154 Å². The molecule has 0 unspecified atom stereocenters. The quantitative estimate of drug-likeness (QED) is 0.442. The van der Waals surface area contributed by atoms with Gasteiger partial charge in [-0.25, -0.2) is 9.97 Å². The maximum absolute atomic E-state index is 13.2. The number of rotatable bonds is 3. The Labute approximate surface area is 177 Å². The number of β-amino-alcohol motifs (C(OH)–C–C–N with tert-alkyl or cyclic N) is 1. The van der Waals surface area contributed by atoms with Crippen LogP contribution in [0.3, 0.4) is 0 Å². The van der Waals surface area contributed by atoms with E-state index >= 15 is 0 Å². The highest BCUT2D eigenvalue weighted by atomic mass is 16.3. The average molecular weight is 421 g/mol. The summed E-state index contributed by atoms with van der Waals surface area (Å²) in [6.45, 7) is 4.65. The number of benzene rings is 1. The van der Waals surface area contributed by atoms with Crippen molar-refractivity contribution in [1.29, 1.82) is 0 Å². The van der Waals surface area contributed by atoms with Gasteiger partial charge < -0.3 is 30.6 Å². The summed E-state index contributed by atoms with van der Waals surface area (Å²) in [5, 5.41) is 10.7. The number of anilines is 2. The third kappa shape index (κ3) is 3.05. The predicted molar refractivity (Wildman–Crippen MR) is 115 cm³/mol. The van der Waals surface area contributed by atoms with E-state index in [4.69, 9.17) is 11.5 Å². The van der Waals surface area contributed by atoms with E-state index in [-0.39, 0.29) is 30.3 Å². The van der Waals surface area contributed by atoms with Crippen LogP contribution in [0.4, 0.5) is 11.8 Å². The summed E-state index contributed by atoms with van der Waals surface area (Å²) in [7, 11) is 0. The van der Waals surface area contributed by atoms with Gasteiger partial charge in [0, 0.05) is 24.7 Å². The number of nitrogen functional groups attached to an aromatic ring is 2. The molecule has 4 aromatic rings. The van der Waals surface area contributed by atoms with Gasteiger partial charge in [0.15, 0.2) is 11.5 Å². The number of hydrogen-bond donors (Lipinski definition) is 3. The number of fused-ring (bicyclic) bond motifs is 2. The molecule has 1 saturated heterocycles. The van der Waals surface area contributed by atoms with E-state index in [0.717, 1.165) is 11.0 Å². The molecule has 5 rings (SSSR count). The maximum atomic E-state index is 13.2. The summed E-state index contributed by atoms with van der Waals surface area (Å²) >= 11 is 0. The molecule has 1 aliphatic rings. The van der Waals surface area contributed by atoms with Crippen molar-refractivity contribution in [3.05, 3.63) is 36.4 Å². The van der Waals surface area contributed by atoms with E-state index in [1.807, 2.05) is 6.07 Å². The lowest BCUT2D eigenvalue weighted by atomic mass is 10.1. The molecule has 0 spiro atoms. The van der Waals surface area contributed by atoms with Crippen molar-refractivity contribution < 1.29 is 9.90 Å². The number of aliphatic hydroxyl groups excluding tert-OH is 1. The van der Waals surface area contributed by atoms with Gasteiger partial charge in [0.1, 0.15) is 5.52 Å². The van der Waals surface area contributed by atoms with E-state index in [1.54, 1.807) is 34.3 Å². The first kappa shape index (κ1) is 19.2. The number of nitrogens with two attached hydrogens (primary N) is 2. The molecule has 0 aliphatic carbocycles. The van der Waals surface area contributed by atoms with Crippen LogP contribution >= 0.6 is 0 Å². The Morgan fingerprint density at radius 2 is 1.97 bits per heavy atom. The van der Waals surface area contributed by atoms with Crippen LogP contribution < -0.4 is 11.5 Å². The largest absolute Gasteiger partial charge is 0.389 e. The molecule has 1 amide bonds. The van der Waals surface area contributed by atoms with Crippen molar-refractivity contribution in [2.75, 3.05) is 24.6 Å². The van der Waals surface area contributed by atoms with Crippen molar-refractivity contribution >= 4 is 39.9 Å². The highest BCUT2D eigenvalue weighted by Crippen LogP contribution is 2.29. The zero-order chi connectivity index (χ0) is 21.9. The van der Waals surface area contributed by atoms with Crippen molar-refractivity contribution in [3.63, 3.8) is 0 Å². The van der Waals surface area contributed by atoms with Crippen LogP contribution in [0.2, 0.25) is 0 Å². The fourth-order valence-corrected chi connectivity index (χ4v) is 4.17. The summed E-state index contributed by atoms with van der Waals surface area (Å²) in [6.07, 6.45) is 2.53. The van der Waals surface area contributed by atoms with Gasteiger partial charge in [-0.15, -0.1) is 0 Å². The molecule has 1 aliphatic heterocycles. The summed E-state index contributed by atoms with van der Waals surface area (Å²) in [4.78, 5) is 31.6. The van der Waals surface area contributed by atoms with Gasteiger partial charge in [-0.2, -0.15) is 9.97 Å². The van der Waals surface area contributed by atoms with E-state index in [1.165, 1.54) is 0 Å². The molecule has 5 N–H and O–H groups in total. The number of aromatic nitrogens is 6. The Balaban J connectivity index is 1.43. The van der Waals surface area contributed by atoms with Crippen LogP contribution in [0.5, 0.6) is 0 Å². The lowest BCUT2D eigenvalue weighted by Crippen LogP contribution is -2.29. The number of hydrogen-bond acceptors (Lipinski definition) is 8. The highest BCUT2D eigenvalue weighted by molar-refractivity contribution is 5.97. The Hall–Kier alpha value is -3.73. The second-order valence-corrected chi connectivity index (χ2v) is 8.09. The summed E-state index contributed by atoms with van der Waals surface area (Å²) in [5.41, 5.74) is 14.7. The zero-order valence-electron chi connectivity index (χ0n) is 17.2. The summed E-state index contributed by atoms with van der Waals surface area (Å²) in [5.74, 6) is 0.0396. The molecule has 160 valence electrons. The second kappa shape index (κ2) is 6.91. The number of imidazole rings is 2. The minimum atomic E-state index is -0.789. The van der Waals surface area contributed by atoms with Crippen molar-refractivity contribution in [3.8, 4) is 0 Å². The molecule has 2 atom stereocenters. The van der Waals surface area contributed by atoms with Gasteiger partial charge in [-0.3, -0.25) is 4.79 Å². The molecule has 4 heterocycles. The highest BCUT2D eigenvalue weighted by Gasteiger charge is 2.36. The first-order chi connectivity index (χ1) is 14.8. The van der Waals surface area contributed by atoms with Gasteiger partial charge in [0.25, 0.3) is 5.91 Å². The third-order valence-electron chi connectivity index (χ3n) is 5.75. The van der Waals surface area contributed by atoms with Gasteiger partial charge in [-0.1, -0.05) is 0 Å². The summed E-state index contributed by atoms with van der Waals surface area (Å²) in [6, 6.07) is 5.35. The Bertz CT molecular complexity index is 1310. The van der Waals surface area contributed by atoms with E-state index in [2.05, 4.69) is 38.4 Å². The first-order valence-corrected chi connectivity index (χ1v) is 10.0. The molecular formula is C20H23N9O2. The maximum Gasteiger partial charge on any atom is 0.254 e. The molecule has 0 bridgehead atoms. The Morgan fingerprint density at radius 3 is 2.74 bits per heavy atom. The normalized spacial score (nSPS) is 19.2. The monoisotopic (exact) mass is 421 g/mol. The molecular weight excluding hydrogens is 398 g/mol. The number of likely N-dealkylation sites (tertiary alicyclic amines) is 1. The van der Waals surface area contributed by atoms with Gasteiger partial charge in [-0.05, 0) is 32.0 Å². The van der Waals surface area contributed by atoms with E-state index in [9.17, 15) is 9.90 Å². The van der Waals surface area contributed by atoms with E-state index in [0.29, 0.717) is 23.3 Å².